The zero-order chi connectivity index (χ0) is 18.8. The highest BCUT2D eigenvalue weighted by Gasteiger charge is 2.36. The van der Waals surface area contributed by atoms with Gasteiger partial charge in [-0.15, -0.1) is 0 Å². The molecule has 4 heteroatoms. The van der Waals surface area contributed by atoms with E-state index < -0.39 is 14.4 Å². The van der Waals surface area contributed by atoms with Crippen molar-refractivity contribution < 1.29 is 0 Å². The molecule has 0 aliphatic carbocycles. The fourth-order valence-corrected chi connectivity index (χ4v) is 9.81. The van der Waals surface area contributed by atoms with Crippen LogP contribution in [0.1, 0.15) is 52.7 Å². The molecule has 24 heavy (non-hydrogen) atoms. The lowest BCUT2D eigenvalue weighted by molar-refractivity contribution is 0.736. The summed E-state index contributed by atoms with van der Waals surface area (Å²) < 4.78 is 0. The molecule has 1 rings (SSSR count). The van der Waals surface area contributed by atoms with Crippen molar-refractivity contribution in [2.24, 2.45) is 0 Å². The number of rotatable bonds is 6. The molecule has 0 spiro atoms. The maximum atomic E-state index is 2.51. The molecule has 1 aromatic carbocycles. The summed E-state index contributed by atoms with van der Waals surface area (Å²) in [5, 5.41) is 0.904. The fraction of sp³-hybridized carbons (Fsp3) is 0.700. The molecule has 0 saturated heterocycles. The predicted molar refractivity (Wildman–Crippen MR) is 123 cm³/mol. The molecular formula is C20H38S2Si2. The lowest BCUT2D eigenvalue weighted by Crippen LogP contribution is -2.33. The van der Waals surface area contributed by atoms with Gasteiger partial charge in [0.25, 0.3) is 0 Å². The predicted octanol–water partition coefficient (Wildman–Crippen LogP) is 8.16. The number of benzene rings is 1. The van der Waals surface area contributed by atoms with Crippen molar-refractivity contribution in [2.45, 2.75) is 89.3 Å². The SMILES string of the molecule is CC(C)(C)[Si](C)(C)SCc1cccc(CS[Si](C)(C)C(C)(C)C)c1. The molecule has 0 atom stereocenters. The Labute approximate surface area is 161 Å². The normalized spacial score (nSPS) is 14.1. The largest absolute Gasteiger partial charge is 0.180 e. The number of hydrogen-bond donors (Lipinski definition) is 0. The molecule has 0 nitrogen and oxygen atoms in total. The van der Waals surface area contributed by atoms with Gasteiger partial charge < -0.3 is 0 Å². The van der Waals surface area contributed by atoms with E-state index in [2.05, 4.69) is 114 Å². The van der Waals surface area contributed by atoms with Gasteiger partial charge in [-0.3, -0.25) is 0 Å². The fourth-order valence-electron chi connectivity index (χ4n) is 1.77. The summed E-state index contributed by atoms with van der Waals surface area (Å²) in [5.41, 5.74) is 3.00. The van der Waals surface area contributed by atoms with Gasteiger partial charge in [-0.25, -0.2) is 0 Å². The minimum atomic E-state index is -1.26. The summed E-state index contributed by atoms with van der Waals surface area (Å²) >= 11 is 4.43. The molecule has 0 aliphatic rings. The molecule has 0 unspecified atom stereocenters. The van der Waals surface area contributed by atoms with Crippen LogP contribution in [0.25, 0.3) is 0 Å². The highest BCUT2D eigenvalue weighted by atomic mass is 32.4. The van der Waals surface area contributed by atoms with Crippen molar-refractivity contribution in [3.63, 3.8) is 0 Å². The quantitative estimate of drug-likeness (QED) is 0.443. The van der Waals surface area contributed by atoms with E-state index in [1.807, 2.05) is 0 Å². The van der Waals surface area contributed by atoms with E-state index in [0.29, 0.717) is 10.1 Å². The van der Waals surface area contributed by atoms with E-state index in [9.17, 15) is 0 Å². The van der Waals surface area contributed by atoms with Gasteiger partial charge in [0.05, 0.1) is 0 Å². The molecule has 0 aliphatic heterocycles. The topological polar surface area (TPSA) is 0 Å². The Kier molecular flexibility index (Phi) is 7.40. The lowest BCUT2D eigenvalue weighted by atomic mass is 10.2. The molecular weight excluding hydrogens is 361 g/mol. The average Bonchev–Trinajstić information content (AvgIpc) is 2.41. The molecule has 138 valence electrons. The molecule has 0 radical (unpaired) electrons. The summed E-state index contributed by atoms with van der Waals surface area (Å²) in [7, 11) is -2.52. The van der Waals surface area contributed by atoms with Gasteiger partial charge in [0.2, 0.25) is 0 Å². The Bertz CT molecular complexity index is 492. The van der Waals surface area contributed by atoms with Crippen molar-refractivity contribution in [1.29, 1.82) is 0 Å². The summed E-state index contributed by atoms with van der Waals surface area (Å²) in [6.07, 6.45) is 0. The molecule has 0 fully saturated rings. The third kappa shape index (κ3) is 6.26. The second-order valence-electron chi connectivity index (χ2n) is 9.92. The second-order valence-corrected chi connectivity index (χ2v) is 28.0. The van der Waals surface area contributed by atoms with Crippen LogP contribution >= 0.6 is 22.4 Å². The van der Waals surface area contributed by atoms with Gasteiger partial charge in [-0.2, -0.15) is 22.4 Å². The zero-order valence-electron chi connectivity index (χ0n) is 17.5. The standard InChI is InChI=1S/C20H38S2Si2/c1-19(2,3)23(7,8)21-15-17-12-11-13-18(14-17)16-22-24(9,10)20(4,5)6/h11-14H,15-16H2,1-10H3. The minimum absolute atomic E-state index is 0.452. The van der Waals surface area contributed by atoms with E-state index in [4.69, 9.17) is 0 Å². The maximum Gasteiger partial charge on any atom is 0.117 e. The first-order valence-corrected chi connectivity index (χ1v) is 18.4. The van der Waals surface area contributed by atoms with Crippen molar-refractivity contribution in [3.8, 4) is 0 Å². The van der Waals surface area contributed by atoms with Gasteiger partial charge >= 0.3 is 0 Å². The zero-order valence-corrected chi connectivity index (χ0v) is 21.2. The minimum Gasteiger partial charge on any atom is -0.180 e. The van der Waals surface area contributed by atoms with Crippen LogP contribution in [0.3, 0.4) is 0 Å². The van der Waals surface area contributed by atoms with Crippen LogP contribution in [0.15, 0.2) is 24.3 Å². The van der Waals surface area contributed by atoms with Crippen LogP contribution in [0.5, 0.6) is 0 Å². The van der Waals surface area contributed by atoms with Crippen LogP contribution in [0, 0.1) is 0 Å². The third-order valence-electron chi connectivity index (χ3n) is 5.80. The summed E-state index contributed by atoms with van der Waals surface area (Å²) in [4.78, 5) is 0. The molecule has 0 saturated carbocycles. The molecule has 0 heterocycles. The Morgan fingerprint density at radius 1 is 0.708 bits per heavy atom. The van der Waals surface area contributed by atoms with Gasteiger partial charge in [-0.05, 0) is 21.2 Å². The van der Waals surface area contributed by atoms with Crippen molar-refractivity contribution in [2.75, 3.05) is 0 Å². The van der Waals surface area contributed by atoms with E-state index >= 15 is 0 Å². The van der Waals surface area contributed by atoms with E-state index in [1.165, 1.54) is 11.1 Å². The molecule has 0 amide bonds. The van der Waals surface area contributed by atoms with E-state index in [1.54, 1.807) is 0 Å². The summed E-state index contributed by atoms with van der Waals surface area (Å²) in [6, 6.07) is 9.31. The lowest BCUT2D eigenvalue weighted by Gasteiger charge is -2.36. The van der Waals surface area contributed by atoms with E-state index in [0.717, 1.165) is 11.5 Å². The smallest absolute Gasteiger partial charge is 0.117 e. The highest BCUT2D eigenvalue weighted by molar-refractivity contribution is 8.28. The first-order valence-electron chi connectivity index (χ1n) is 9.01. The summed E-state index contributed by atoms with van der Waals surface area (Å²) in [5.74, 6) is 2.32. The van der Waals surface area contributed by atoms with Gasteiger partial charge in [-0.1, -0.05) is 92.0 Å². The van der Waals surface area contributed by atoms with Crippen molar-refractivity contribution >= 4 is 36.9 Å². The Morgan fingerprint density at radius 2 is 1.04 bits per heavy atom. The molecule has 0 N–H and O–H groups in total. The number of hydrogen-bond acceptors (Lipinski definition) is 2. The van der Waals surface area contributed by atoms with E-state index in [-0.39, 0.29) is 0 Å². The monoisotopic (exact) mass is 398 g/mol. The Balaban J connectivity index is 2.72. The Morgan fingerprint density at radius 3 is 1.33 bits per heavy atom. The van der Waals surface area contributed by atoms with Crippen LogP contribution < -0.4 is 0 Å². The van der Waals surface area contributed by atoms with Crippen LogP contribution in [0.2, 0.25) is 36.3 Å². The molecule has 0 bridgehead atoms. The van der Waals surface area contributed by atoms with Gasteiger partial charge in [0.1, 0.15) is 14.4 Å². The van der Waals surface area contributed by atoms with Crippen molar-refractivity contribution in [3.05, 3.63) is 35.4 Å². The van der Waals surface area contributed by atoms with Crippen LogP contribution in [0.4, 0.5) is 0 Å². The maximum absolute atomic E-state index is 2.51. The third-order valence-corrected chi connectivity index (χ3v) is 24.3. The summed E-state index contributed by atoms with van der Waals surface area (Å²) in [6.45, 7) is 24.4. The molecule has 0 aromatic heterocycles. The van der Waals surface area contributed by atoms with Gasteiger partial charge in [0.15, 0.2) is 0 Å². The average molecular weight is 399 g/mol. The Hall–Kier alpha value is 0.354. The molecule has 1 aromatic rings. The first-order chi connectivity index (χ1) is 10.7. The van der Waals surface area contributed by atoms with Crippen LogP contribution in [-0.2, 0) is 11.5 Å². The van der Waals surface area contributed by atoms with Gasteiger partial charge in [0, 0.05) is 11.5 Å². The van der Waals surface area contributed by atoms with Crippen molar-refractivity contribution in [1.82, 2.24) is 0 Å². The highest BCUT2D eigenvalue weighted by Crippen LogP contribution is 2.45. The second kappa shape index (κ2) is 7.93. The first kappa shape index (κ1) is 22.4. The van der Waals surface area contributed by atoms with Crippen LogP contribution in [-0.4, -0.2) is 14.4 Å².